The molecule has 0 aromatic carbocycles. The van der Waals surface area contributed by atoms with Crippen LogP contribution in [0.25, 0.3) is 0 Å². The number of urea groups is 1. The monoisotopic (exact) mass is 349 g/mol. The molecule has 25 heavy (non-hydrogen) atoms. The molecule has 1 aromatic heterocycles. The average molecular weight is 349 g/mol. The number of aromatic nitrogens is 2. The van der Waals surface area contributed by atoms with Crippen molar-refractivity contribution < 1.29 is 9.90 Å². The van der Waals surface area contributed by atoms with Crippen molar-refractivity contribution in [3.8, 4) is 0 Å². The van der Waals surface area contributed by atoms with E-state index in [4.69, 9.17) is 0 Å². The Morgan fingerprint density at radius 1 is 1.32 bits per heavy atom. The van der Waals surface area contributed by atoms with Gasteiger partial charge in [0.1, 0.15) is 11.9 Å². The molecule has 0 saturated carbocycles. The first-order valence-electron chi connectivity index (χ1n) is 9.41. The van der Waals surface area contributed by atoms with Crippen LogP contribution in [0.2, 0.25) is 0 Å². The largest absolute Gasteiger partial charge is 0.385 e. The van der Waals surface area contributed by atoms with E-state index in [0.717, 1.165) is 39.0 Å². The van der Waals surface area contributed by atoms with Gasteiger partial charge in [-0.2, -0.15) is 0 Å². The number of carbonyl (C=O) groups is 1. The van der Waals surface area contributed by atoms with Gasteiger partial charge in [-0.15, -0.1) is 0 Å². The Bertz CT molecular complexity index is 576. The minimum Gasteiger partial charge on any atom is -0.385 e. The predicted molar refractivity (Wildman–Crippen MR) is 96.1 cm³/mol. The van der Waals surface area contributed by atoms with Crippen LogP contribution in [0.1, 0.15) is 37.6 Å². The molecule has 0 spiro atoms. The summed E-state index contributed by atoms with van der Waals surface area (Å²) in [6.45, 7) is 4.31. The molecule has 0 radical (unpaired) electrons. The molecule has 2 aliphatic heterocycles. The zero-order valence-corrected chi connectivity index (χ0v) is 15.4. The van der Waals surface area contributed by atoms with E-state index in [1.165, 1.54) is 12.8 Å². The Hall–Kier alpha value is -1.60. The summed E-state index contributed by atoms with van der Waals surface area (Å²) in [7, 11) is 4.03. The van der Waals surface area contributed by atoms with Crippen molar-refractivity contribution >= 4 is 6.03 Å². The van der Waals surface area contributed by atoms with Crippen LogP contribution in [0, 0.1) is 11.8 Å². The highest BCUT2D eigenvalue weighted by Gasteiger charge is 2.31. The van der Waals surface area contributed by atoms with Crippen LogP contribution in [0.15, 0.2) is 12.4 Å². The SMILES string of the molecule is CN1CCCC(CNC(=O)N2CCCC(C(O)c3nccn3C)C2)C1. The van der Waals surface area contributed by atoms with Gasteiger partial charge in [-0.3, -0.25) is 0 Å². The first-order valence-corrected chi connectivity index (χ1v) is 9.41. The molecule has 140 valence electrons. The van der Waals surface area contributed by atoms with Gasteiger partial charge in [0.05, 0.1) is 0 Å². The molecule has 2 saturated heterocycles. The van der Waals surface area contributed by atoms with E-state index in [1.807, 2.05) is 22.7 Å². The summed E-state index contributed by atoms with van der Waals surface area (Å²) in [4.78, 5) is 21.0. The van der Waals surface area contributed by atoms with Crippen molar-refractivity contribution in [2.24, 2.45) is 18.9 Å². The number of aliphatic hydroxyl groups is 1. The average Bonchev–Trinajstić information content (AvgIpc) is 3.05. The van der Waals surface area contributed by atoms with Gasteiger partial charge in [-0.05, 0) is 45.2 Å². The lowest BCUT2D eigenvalue weighted by molar-refractivity contribution is 0.0529. The van der Waals surface area contributed by atoms with Gasteiger partial charge in [0.25, 0.3) is 0 Å². The fourth-order valence-electron chi connectivity index (χ4n) is 4.11. The summed E-state index contributed by atoms with van der Waals surface area (Å²) in [5.74, 6) is 1.26. The maximum Gasteiger partial charge on any atom is 0.317 e. The molecule has 2 amide bonds. The molecule has 7 heteroatoms. The summed E-state index contributed by atoms with van der Waals surface area (Å²) in [5, 5.41) is 13.7. The number of hydrogen-bond donors (Lipinski definition) is 2. The Balaban J connectivity index is 1.50. The predicted octanol–water partition coefficient (Wildman–Crippen LogP) is 1.22. The zero-order chi connectivity index (χ0) is 17.8. The molecule has 2 N–H and O–H groups in total. The van der Waals surface area contributed by atoms with Crippen LogP contribution in [0.5, 0.6) is 0 Å². The summed E-state index contributed by atoms with van der Waals surface area (Å²) in [6.07, 6.45) is 7.16. The number of rotatable bonds is 4. The highest BCUT2D eigenvalue weighted by molar-refractivity contribution is 5.74. The molecule has 0 bridgehead atoms. The number of aliphatic hydroxyl groups excluding tert-OH is 1. The second kappa shape index (κ2) is 8.19. The second-order valence-electron chi connectivity index (χ2n) is 7.65. The van der Waals surface area contributed by atoms with Crippen molar-refractivity contribution in [1.29, 1.82) is 0 Å². The van der Waals surface area contributed by atoms with Crippen LogP contribution in [-0.2, 0) is 7.05 Å². The zero-order valence-electron chi connectivity index (χ0n) is 15.4. The van der Waals surface area contributed by atoms with Crippen LogP contribution in [0.4, 0.5) is 4.79 Å². The number of likely N-dealkylation sites (tertiary alicyclic amines) is 2. The van der Waals surface area contributed by atoms with Crippen LogP contribution in [-0.4, -0.2) is 70.3 Å². The first-order chi connectivity index (χ1) is 12.0. The van der Waals surface area contributed by atoms with E-state index in [-0.39, 0.29) is 11.9 Å². The number of imidazole rings is 1. The lowest BCUT2D eigenvalue weighted by atomic mass is 9.92. The third-order valence-electron chi connectivity index (χ3n) is 5.58. The third-order valence-corrected chi connectivity index (χ3v) is 5.58. The van der Waals surface area contributed by atoms with Crippen molar-refractivity contribution in [2.75, 3.05) is 39.8 Å². The number of aryl methyl sites for hydroxylation is 1. The third kappa shape index (κ3) is 4.52. The summed E-state index contributed by atoms with van der Waals surface area (Å²) in [6, 6.07) is 0.00460. The first kappa shape index (κ1) is 18.2. The summed E-state index contributed by atoms with van der Waals surface area (Å²) < 4.78 is 1.85. The molecule has 3 rings (SSSR count). The number of hydrogen-bond acceptors (Lipinski definition) is 4. The van der Waals surface area contributed by atoms with Crippen LogP contribution in [0.3, 0.4) is 0 Å². The molecule has 2 fully saturated rings. The number of carbonyl (C=O) groups excluding carboxylic acids is 1. The fourth-order valence-corrected chi connectivity index (χ4v) is 4.11. The topological polar surface area (TPSA) is 73.6 Å². The highest BCUT2D eigenvalue weighted by atomic mass is 16.3. The molecule has 3 heterocycles. The minimum atomic E-state index is -0.623. The van der Waals surface area contributed by atoms with Gasteiger partial charge in [0.15, 0.2) is 0 Å². The standard InChI is InChI=1S/C18H31N5O2/c1-21-8-3-5-14(12-21)11-20-18(25)23-9-4-6-15(13-23)16(24)17-19-7-10-22(17)2/h7,10,14-16,24H,3-6,8-9,11-13H2,1-2H3,(H,20,25). The van der Waals surface area contributed by atoms with Crippen molar-refractivity contribution in [3.05, 3.63) is 18.2 Å². The van der Waals surface area contributed by atoms with Gasteiger partial charge in [0.2, 0.25) is 0 Å². The summed E-state index contributed by atoms with van der Waals surface area (Å²) >= 11 is 0. The number of nitrogens with one attached hydrogen (secondary N) is 1. The van der Waals surface area contributed by atoms with Gasteiger partial charge >= 0.3 is 6.03 Å². The summed E-state index contributed by atoms with van der Waals surface area (Å²) in [5.41, 5.74) is 0. The quantitative estimate of drug-likeness (QED) is 0.857. The second-order valence-corrected chi connectivity index (χ2v) is 7.65. The Kier molecular flexibility index (Phi) is 5.96. The number of nitrogens with zero attached hydrogens (tertiary/aromatic N) is 4. The van der Waals surface area contributed by atoms with Crippen molar-refractivity contribution in [1.82, 2.24) is 24.7 Å². The molecule has 1 aromatic rings. The Morgan fingerprint density at radius 3 is 2.84 bits per heavy atom. The molecular weight excluding hydrogens is 318 g/mol. The van der Waals surface area contributed by atoms with Gasteiger partial charge in [-0.1, -0.05) is 0 Å². The normalized spacial score (nSPS) is 26.4. The van der Waals surface area contributed by atoms with Gasteiger partial charge in [0, 0.05) is 51.5 Å². The van der Waals surface area contributed by atoms with Crippen molar-refractivity contribution in [2.45, 2.75) is 31.8 Å². The lowest BCUT2D eigenvalue weighted by Crippen LogP contribution is -2.48. The van der Waals surface area contributed by atoms with Crippen LogP contribution < -0.4 is 5.32 Å². The molecule has 3 unspecified atom stereocenters. The van der Waals surface area contributed by atoms with E-state index >= 15 is 0 Å². The maximum absolute atomic E-state index is 12.5. The van der Waals surface area contributed by atoms with Gasteiger partial charge in [-0.25, -0.2) is 9.78 Å². The lowest BCUT2D eigenvalue weighted by Gasteiger charge is -2.35. The smallest absolute Gasteiger partial charge is 0.317 e. The molecule has 3 atom stereocenters. The molecule has 2 aliphatic rings. The number of piperidine rings is 2. The Morgan fingerprint density at radius 2 is 2.12 bits per heavy atom. The fraction of sp³-hybridized carbons (Fsp3) is 0.778. The Labute approximate surface area is 150 Å². The van der Waals surface area contributed by atoms with E-state index in [2.05, 4.69) is 22.2 Å². The molecular formula is C18H31N5O2. The van der Waals surface area contributed by atoms with E-state index in [0.29, 0.717) is 18.3 Å². The van der Waals surface area contributed by atoms with E-state index in [1.54, 1.807) is 6.20 Å². The van der Waals surface area contributed by atoms with E-state index in [9.17, 15) is 9.90 Å². The van der Waals surface area contributed by atoms with E-state index < -0.39 is 6.10 Å². The molecule has 7 nitrogen and oxygen atoms in total. The highest BCUT2D eigenvalue weighted by Crippen LogP contribution is 2.28. The molecule has 0 aliphatic carbocycles. The van der Waals surface area contributed by atoms with Crippen LogP contribution >= 0.6 is 0 Å². The number of amides is 2. The van der Waals surface area contributed by atoms with Crippen molar-refractivity contribution in [3.63, 3.8) is 0 Å². The van der Waals surface area contributed by atoms with Gasteiger partial charge < -0.3 is 24.8 Å². The minimum absolute atomic E-state index is 0.00460. The maximum atomic E-state index is 12.5.